The molecule has 2 unspecified atom stereocenters. The van der Waals surface area contributed by atoms with Gasteiger partial charge in [0.05, 0.1) is 23.9 Å². The molecule has 1 aliphatic rings. The van der Waals surface area contributed by atoms with Gasteiger partial charge in [0.25, 0.3) is 0 Å². The second kappa shape index (κ2) is 9.13. The predicted molar refractivity (Wildman–Crippen MR) is 113 cm³/mol. The van der Waals surface area contributed by atoms with E-state index in [0.29, 0.717) is 36.7 Å². The minimum atomic E-state index is -0.788. The number of pyridine rings is 1. The lowest BCUT2D eigenvalue weighted by Gasteiger charge is -2.30. The van der Waals surface area contributed by atoms with Gasteiger partial charge in [0.2, 0.25) is 0 Å². The van der Waals surface area contributed by atoms with Gasteiger partial charge >= 0.3 is 5.97 Å². The molecule has 0 bridgehead atoms. The monoisotopic (exact) mass is 407 g/mol. The first-order valence-electron chi connectivity index (χ1n) is 10.2. The zero-order chi connectivity index (χ0) is 20.9. The number of carbonyl (C=O) groups is 1. The Morgan fingerprint density at radius 2 is 2.00 bits per heavy atom. The average Bonchev–Trinajstić information content (AvgIpc) is 2.76. The molecule has 2 aromatic carbocycles. The molecule has 6 nitrogen and oxygen atoms in total. The highest BCUT2D eigenvalue weighted by atomic mass is 16.5. The molecule has 156 valence electrons. The Balaban J connectivity index is 1.39. The lowest BCUT2D eigenvalue weighted by molar-refractivity contribution is -0.137. The van der Waals surface area contributed by atoms with Crippen LogP contribution in [0.25, 0.3) is 10.9 Å². The number of hydrogen-bond acceptors (Lipinski definition) is 5. The fraction of sp³-hybridized carbons (Fsp3) is 0.333. The van der Waals surface area contributed by atoms with Gasteiger partial charge in [-0.15, -0.1) is 0 Å². The number of carboxylic acid groups (broad SMARTS) is 1. The number of ether oxygens (including phenoxy) is 2. The van der Waals surface area contributed by atoms with E-state index in [9.17, 15) is 9.90 Å². The normalized spacial score (nSPS) is 17.9. The van der Waals surface area contributed by atoms with Crippen molar-refractivity contribution in [3.63, 3.8) is 0 Å². The summed E-state index contributed by atoms with van der Waals surface area (Å²) in [5.41, 5.74) is 2.48. The number of nitrogens with zero attached hydrogens (tertiary/aromatic N) is 1. The van der Waals surface area contributed by atoms with E-state index >= 15 is 0 Å². The van der Waals surface area contributed by atoms with Crippen LogP contribution < -0.4 is 9.47 Å². The van der Waals surface area contributed by atoms with Gasteiger partial charge in [-0.05, 0) is 43.2 Å². The molecule has 2 atom stereocenters. The van der Waals surface area contributed by atoms with Crippen molar-refractivity contribution in [2.45, 2.75) is 38.4 Å². The first-order chi connectivity index (χ1) is 14.6. The Morgan fingerprint density at radius 3 is 2.87 bits per heavy atom. The van der Waals surface area contributed by atoms with Gasteiger partial charge in [-0.2, -0.15) is 0 Å². The topological polar surface area (TPSA) is 88.9 Å². The van der Waals surface area contributed by atoms with Crippen LogP contribution in [-0.4, -0.2) is 27.8 Å². The largest absolute Gasteiger partial charge is 0.493 e. The van der Waals surface area contributed by atoms with Crippen LogP contribution in [0.1, 0.15) is 43.0 Å². The maximum atomic E-state index is 10.8. The molecule has 2 heterocycles. The van der Waals surface area contributed by atoms with Gasteiger partial charge in [-0.3, -0.25) is 4.79 Å². The first kappa shape index (κ1) is 20.2. The number of aliphatic hydroxyl groups is 1. The van der Waals surface area contributed by atoms with Gasteiger partial charge < -0.3 is 19.7 Å². The number of fused-ring (bicyclic) bond motifs is 2. The Bertz CT molecular complexity index is 1040. The van der Waals surface area contributed by atoms with Crippen LogP contribution >= 0.6 is 0 Å². The quantitative estimate of drug-likeness (QED) is 0.535. The Labute approximate surface area is 175 Å². The minimum absolute atomic E-state index is 0.0521. The zero-order valence-electron chi connectivity index (χ0n) is 16.7. The van der Waals surface area contributed by atoms with Gasteiger partial charge in [0, 0.05) is 23.3 Å². The summed E-state index contributed by atoms with van der Waals surface area (Å²) < 4.78 is 11.7. The van der Waals surface area contributed by atoms with Crippen LogP contribution in [0.5, 0.6) is 11.5 Å². The lowest BCUT2D eigenvalue weighted by Crippen LogP contribution is -2.26. The van der Waals surface area contributed by atoms with E-state index in [4.69, 9.17) is 14.6 Å². The maximum Gasteiger partial charge on any atom is 0.303 e. The summed E-state index contributed by atoms with van der Waals surface area (Å²) in [4.78, 5) is 15.3. The number of benzene rings is 2. The molecule has 30 heavy (non-hydrogen) atoms. The van der Waals surface area contributed by atoms with Gasteiger partial charge in [0.15, 0.2) is 0 Å². The van der Waals surface area contributed by atoms with Crippen LogP contribution in [0, 0.1) is 5.92 Å². The number of aliphatic carboxylic acids is 1. The molecule has 0 fully saturated rings. The Hall–Kier alpha value is -3.12. The lowest BCUT2D eigenvalue weighted by atomic mass is 9.89. The summed E-state index contributed by atoms with van der Waals surface area (Å²) in [6, 6.07) is 17.4. The van der Waals surface area contributed by atoms with Gasteiger partial charge in [0.1, 0.15) is 18.1 Å². The SMILES string of the molecule is O=C(O)CCCCC1COc2ccc(OCc3ccc4ccccc4n3)cc2C1O. The van der Waals surface area contributed by atoms with Gasteiger partial charge in [-0.1, -0.05) is 30.7 Å². The van der Waals surface area contributed by atoms with Crippen molar-refractivity contribution in [2.75, 3.05) is 6.61 Å². The molecule has 0 saturated heterocycles. The molecule has 6 heteroatoms. The molecule has 1 aliphatic heterocycles. The molecule has 2 N–H and O–H groups in total. The van der Waals surface area contributed by atoms with Crippen molar-refractivity contribution in [3.05, 3.63) is 65.9 Å². The summed E-state index contributed by atoms with van der Waals surface area (Å²) >= 11 is 0. The number of unbranched alkanes of at least 4 members (excludes halogenated alkanes) is 1. The van der Waals surface area contributed by atoms with Crippen molar-refractivity contribution in [1.29, 1.82) is 0 Å². The molecule has 0 saturated carbocycles. The third-order valence-corrected chi connectivity index (χ3v) is 5.46. The molecular formula is C24H25NO5. The average molecular weight is 407 g/mol. The van der Waals surface area contributed by atoms with E-state index in [2.05, 4.69) is 4.98 Å². The molecule has 0 spiro atoms. The van der Waals surface area contributed by atoms with Crippen molar-refractivity contribution in [3.8, 4) is 11.5 Å². The second-order valence-corrected chi connectivity index (χ2v) is 7.64. The summed E-state index contributed by atoms with van der Waals surface area (Å²) in [5.74, 6) is 0.477. The van der Waals surface area contributed by atoms with E-state index in [1.165, 1.54) is 0 Å². The number of para-hydroxylation sites is 1. The molecule has 4 rings (SSSR count). The second-order valence-electron chi connectivity index (χ2n) is 7.64. The number of rotatable bonds is 8. The first-order valence-corrected chi connectivity index (χ1v) is 10.2. The van der Waals surface area contributed by atoms with Crippen molar-refractivity contribution in [2.24, 2.45) is 5.92 Å². The van der Waals surface area contributed by atoms with Crippen molar-refractivity contribution in [1.82, 2.24) is 4.98 Å². The highest BCUT2D eigenvalue weighted by Crippen LogP contribution is 2.39. The summed E-state index contributed by atoms with van der Waals surface area (Å²) in [6.07, 6.45) is 1.58. The van der Waals surface area contributed by atoms with Crippen LogP contribution in [0.15, 0.2) is 54.6 Å². The third-order valence-electron chi connectivity index (χ3n) is 5.46. The molecular weight excluding hydrogens is 382 g/mol. The maximum absolute atomic E-state index is 10.8. The van der Waals surface area contributed by atoms with Gasteiger partial charge in [-0.25, -0.2) is 4.98 Å². The van der Waals surface area contributed by atoms with E-state index in [1.807, 2.05) is 54.6 Å². The van der Waals surface area contributed by atoms with Crippen LogP contribution in [0.3, 0.4) is 0 Å². The van der Waals surface area contributed by atoms with E-state index < -0.39 is 12.1 Å². The minimum Gasteiger partial charge on any atom is -0.493 e. The third kappa shape index (κ3) is 4.71. The number of carboxylic acids is 1. The van der Waals surface area contributed by atoms with Crippen molar-refractivity contribution < 1.29 is 24.5 Å². The highest BCUT2D eigenvalue weighted by molar-refractivity contribution is 5.78. The smallest absolute Gasteiger partial charge is 0.303 e. The van der Waals surface area contributed by atoms with Crippen LogP contribution in [0.2, 0.25) is 0 Å². The summed E-state index contributed by atoms with van der Waals surface area (Å²) in [5, 5.41) is 20.6. The molecule has 3 aromatic rings. The summed E-state index contributed by atoms with van der Waals surface area (Å²) in [6.45, 7) is 0.766. The standard InChI is InChI=1S/C24H25NO5/c26-23(27)8-4-2-6-17-14-30-22-12-11-19(13-20(22)24(17)28)29-15-18-10-9-16-5-1-3-7-21(16)25-18/h1,3,5,7,9-13,17,24,28H,2,4,6,8,14-15H2,(H,26,27). The molecule has 1 aromatic heterocycles. The van der Waals surface area contributed by atoms with E-state index in [1.54, 1.807) is 0 Å². The number of aliphatic hydroxyl groups excluding tert-OH is 1. The molecule has 0 amide bonds. The highest BCUT2D eigenvalue weighted by Gasteiger charge is 2.29. The number of aromatic nitrogens is 1. The fourth-order valence-electron chi connectivity index (χ4n) is 3.79. The van der Waals surface area contributed by atoms with Crippen LogP contribution in [-0.2, 0) is 11.4 Å². The molecule has 0 aliphatic carbocycles. The Morgan fingerprint density at radius 1 is 1.13 bits per heavy atom. The van der Waals surface area contributed by atoms with E-state index in [-0.39, 0.29) is 12.3 Å². The van der Waals surface area contributed by atoms with Crippen LogP contribution in [0.4, 0.5) is 0 Å². The van der Waals surface area contributed by atoms with E-state index in [0.717, 1.165) is 29.4 Å². The summed E-state index contributed by atoms with van der Waals surface area (Å²) in [7, 11) is 0. The zero-order valence-corrected chi connectivity index (χ0v) is 16.7. The number of hydrogen-bond donors (Lipinski definition) is 2. The molecule has 0 radical (unpaired) electrons. The Kier molecular flexibility index (Phi) is 6.14. The fourth-order valence-corrected chi connectivity index (χ4v) is 3.79. The van der Waals surface area contributed by atoms with Crippen molar-refractivity contribution >= 4 is 16.9 Å². The predicted octanol–water partition coefficient (Wildman–Crippen LogP) is 4.50.